The van der Waals surface area contributed by atoms with Crippen molar-refractivity contribution in [3.8, 4) is 5.75 Å². The first-order valence-corrected chi connectivity index (χ1v) is 8.48. The number of hydrogen-bond acceptors (Lipinski definition) is 4. The molecular formula is C17H26N4O2. The van der Waals surface area contributed by atoms with E-state index >= 15 is 0 Å². The maximum atomic E-state index is 12.4. The van der Waals surface area contributed by atoms with E-state index in [1.165, 1.54) is 0 Å². The summed E-state index contributed by atoms with van der Waals surface area (Å²) in [6.45, 7) is 8.10. The van der Waals surface area contributed by atoms with Gasteiger partial charge in [-0.3, -0.25) is 0 Å². The Morgan fingerprint density at radius 2 is 1.96 bits per heavy atom. The van der Waals surface area contributed by atoms with E-state index in [2.05, 4.69) is 22.0 Å². The second kappa shape index (κ2) is 7.08. The molecule has 2 saturated heterocycles. The Morgan fingerprint density at radius 1 is 1.22 bits per heavy atom. The van der Waals surface area contributed by atoms with Gasteiger partial charge in [-0.1, -0.05) is 19.1 Å². The van der Waals surface area contributed by atoms with Gasteiger partial charge in [0.25, 0.3) is 0 Å². The SMILES string of the molecule is CCN1CC[C@H](NC(=O)N2CCN(c3ccccc3O)CC2)C1. The lowest BCUT2D eigenvalue weighted by atomic mass is 10.2. The van der Waals surface area contributed by atoms with Crippen molar-refractivity contribution < 1.29 is 9.90 Å². The molecule has 3 rings (SSSR count). The average molecular weight is 318 g/mol. The Kier molecular flexibility index (Phi) is 4.91. The minimum absolute atomic E-state index is 0.0462. The Morgan fingerprint density at radius 3 is 2.61 bits per heavy atom. The molecule has 1 atom stereocenters. The number of piperazine rings is 1. The van der Waals surface area contributed by atoms with Crippen molar-refractivity contribution in [2.45, 2.75) is 19.4 Å². The summed E-state index contributed by atoms with van der Waals surface area (Å²) < 4.78 is 0. The highest BCUT2D eigenvalue weighted by atomic mass is 16.3. The predicted octanol–water partition coefficient (Wildman–Crippen LogP) is 1.32. The standard InChI is InChI=1S/C17H26N4O2/c1-2-19-8-7-14(13-19)18-17(23)21-11-9-20(10-12-21)15-5-3-4-6-16(15)22/h3-6,14,22H,2,7-13H2,1H3,(H,18,23)/t14-/m0/s1. The number of likely N-dealkylation sites (tertiary alicyclic amines) is 1. The maximum Gasteiger partial charge on any atom is 0.317 e. The van der Waals surface area contributed by atoms with Crippen LogP contribution in [0, 0.1) is 0 Å². The van der Waals surface area contributed by atoms with Crippen LogP contribution in [0.4, 0.5) is 10.5 Å². The molecule has 0 aliphatic carbocycles. The van der Waals surface area contributed by atoms with Gasteiger partial charge in [0, 0.05) is 45.3 Å². The number of nitrogens with zero attached hydrogens (tertiary/aromatic N) is 3. The van der Waals surface area contributed by atoms with Crippen molar-refractivity contribution in [2.75, 3.05) is 50.7 Å². The number of aromatic hydroxyl groups is 1. The number of anilines is 1. The monoisotopic (exact) mass is 318 g/mol. The van der Waals surface area contributed by atoms with Crippen LogP contribution in [0.1, 0.15) is 13.3 Å². The minimum Gasteiger partial charge on any atom is -0.506 e. The fourth-order valence-electron chi connectivity index (χ4n) is 3.39. The molecule has 0 bridgehead atoms. The molecule has 0 unspecified atom stereocenters. The highest BCUT2D eigenvalue weighted by Gasteiger charge is 2.27. The zero-order chi connectivity index (χ0) is 16.2. The van der Waals surface area contributed by atoms with Gasteiger partial charge in [0.2, 0.25) is 0 Å². The first-order chi connectivity index (χ1) is 11.2. The molecule has 2 heterocycles. The molecule has 2 amide bonds. The Labute approximate surface area is 137 Å². The van der Waals surface area contributed by atoms with E-state index in [-0.39, 0.29) is 12.1 Å². The molecule has 126 valence electrons. The summed E-state index contributed by atoms with van der Waals surface area (Å²) in [7, 11) is 0. The number of hydrogen-bond donors (Lipinski definition) is 2. The fraction of sp³-hybridized carbons (Fsp3) is 0.588. The number of carbonyl (C=O) groups excluding carboxylic acids is 1. The summed E-state index contributed by atoms with van der Waals surface area (Å²) >= 11 is 0. The molecular weight excluding hydrogens is 292 g/mol. The van der Waals surface area contributed by atoms with Crippen LogP contribution >= 0.6 is 0 Å². The van der Waals surface area contributed by atoms with Gasteiger partial charge in [0.05, 0.1) is 5.69 Å². The van der Waals surface area contributed by atoms with Gasteiger partial charge in [-0.25, -0.2) is 4.79 Å². The van der Waals surface area contributed by atoms with Crippen LogP contribution in [0.5, 0.6) is 5.75 Å². The van der Waals surface area contributed by atoms with Crippen molar-refractivity contribution in [3.63, 3.8) is 0 Å². The molecule has 2 aliphatic rings. The summed E-state index contributed by atoms with van der Waals surface area (Å²) in [4.78, 5) is 18.8. The number of phenolic OH excluding ortho intramolecular Hbond substituents is 1. The van der Waals surface area contributed by atoms with Gasteiger partial charge in [0.15, 0.2) is 0 Å². The molecule has 0 aromatic heterocycles. The van der Waals surface area contributed by atoms with E-state index in [0.29, 0.717) is 18.8 Å². The van der Waals surface area contributed by atoms with Gasteiger partial charge < -0.3 is 25.1 Å². The molecule has 23 heavy (non-hydrogen) atoms. The first kappa shape index (κ1) is 15.9. The molecule has 0 spiro atoms. The second-order valence-corrected chi connectivity index (χ2v) is 6.29. The van der Waals surface area contributed by atoms with E-state index in [4.69, 9.17) is 0 Å². The second-order valence-electron chi connectivity index (χ2n) is 6.29. The van der Waals surface area contributed by atoms with Crippen LogP contribution in [0.2, 0.25) is 0 Å². The molecule has 2 N–H and O–H groups in total. The van der Waals surface area contributed by atoms with Crippen molar-refractivity contribution >= 4 is 11.7 Å². The third-order valence-corrected chi connectivity index (χ3v) is 4.84. The maximum absolute atomic E-state index is 12.4. The van der Waals surface area contributed by atoms with Gasteiger partial charge in [-0.15, -0.1) is 0 Å². The van der Waals surface area contributed by atoms with Crippen molar-refractivity contribution in [3.05, 3.63) is 24.3 Å². The summed E-state index contributed by atoms with van der Waals surface area (Å²) in [5.74, 6) is 0.302. The molecule has 6 heteroatoms. The first-order valence-electron chi connectivity index (χ1n) is 8.48. The predicted molar refractivity (Wildman–Crippen MR) is 90.9 cm³/mol. The van der Waals surface area contributed by atoms with Gasteiger partial charge in [-0.05, 0) is 25.1 Å². The lowest BCUT2D eigenvalue weighted by molar-refractivity contribution is 0.190. The van der Waals surface area contributed by atoms with Crippen LogP contribution in [-0.4, -0.2) is 72.8 Å². The van der Waals surface area contributed by atoms with Gasteiger partial charge in [0.1, 0.15) is 5.75 Å². The number of benzene rings is 1. The van der Waals surface area contributed by atoms with Crippen LogP contribution in [0.3, 0.4) is 0 Å². The number of rotatable bonds is 3. The Hall–Kier alpha value is -1.95. The molecule has 1 aromatic carbocycles. The van der Waals surface area contributed by atoms with Crippen LogP contribution in [0.25, 0.3) is 0 Å². The molecule has 2 aliphatic heterocycles. The molecule has 0 saturated carbocycles. The fourth-order valence-corrected chi connectivity index (χ4v) is 3.39. The third-order valence-electron chi connectivity index (χ3n) is 4.84. The zero-order valence-corrected chi connectivity index (χ0v) is 13.7. The smallest absolute Gasteiger partial charge is 0.317 e. The van der Waals surface area contributed by atoms with E-state index in [9.17, 15) is 9.90 Å². The van der Waals surface area contributed by atoms with E-state index in [0.717, 1.165) is 44.8 Å². The summed E-state index contributed by atoms with van der Waals surface area (Å²) in [5, 5.41) is 13.1. The van der Waals surface area contributed by atoms with Crippen LogP contribution < -0.4 is 10.2 Å². The average Bonchev–Trinajstić information content (AvgIpc) is 3.03. The topological polar surface area (TPSA) is 59.1 Å². The van der Waals surface area contributed by atoms with Crippen LogP contribution in [-0.2, 0) is 0 Å². The number of carbonyl (C=O) groups is 1. The van der Waals surface area contributed by atoms with Crippen LogP contribution in [0.15, 0.2) is 24.3 Å². The number of amides is 2. The van der Waals surface area contributed by atoms with Gasteiger partial charge >= 0.3 is 6.03 Å². The number of phenols is 1. The third kappa shape index (κ3) is 3.69. The molecule has 6 nitrogen and oxygen atoms in total. The minimum atomic E-state index is 0.0462. The number of nitrogens with one attached hydrogen (secondary N) is 1. The largest absolute Gasteiger partial charge is 0.506 e. The molecule has 1 aromatic rings. The van der Waals surface area contributed by atoms with Crippen molar-refractivity contribution in [1.29, 1.82) is 0 Å². The quantitative estimate of drug-likeness (QED) is 0.882. The van der Waals surface area contributed by atoms with E-state index < -0.39 is 0 Å². The zero-order valence-electron chi connectivity index (χ0n) is 13.7. The van der Waals surface area contributed by atoms with E-state index in [1.807, 2.05) is 23.1 Å². The lowest BCUT2D eigenvalue weighted by Crippen LogP contribution is -2.53. The van der Waals surface area contributed by atoms with Crippen molar-refractivity contribution in [2.24, 2.45) is 0 Å². The highest BCUT2D eigenvalue weighted by Crippen LogP contribution is 2.27. The molecule has 2 fully saturated rings. The molecule has 0 radical (unpaired) electrons. The summed E-state index contributed by atoms with van der Waals surface area (Å²) in [5.41, 5.74) is 0.849. The summed E-state index contributed by atoms with van der Waals surface area (Å²) in [6, 6.07) is 7.69. The highest BCUT2D eigenvalue weighted by molar-refractivity contribution is 5.75. The summed E-state index contributed by atoms with van der Waals surface area (Å²) in [6.07, 6.45) is 1.04. The van der Waals surface area contributed by atoms with E-state index in [1.54, 1.807) is 6.07 Å². The normalized spacial score (nSPS) is 22.4. The number of likely N-dealkylation sites (N-methyl/N-ethyl adjacent to an activating group) is 1. The van der Waals surface area contributed by atoms with Crippen molar-refractivity contribution in [1.82, 2.24) is 15.1 Å². The van der Waals surface area contributed by atoms with Gasteiger partial charge in [-0.2, -0.15) is 0 Å². The number of urea groups is 1. The Balaban J connectivity index is 1.49. The lowest BCUT2D eigenvalue weighted by Gasteiger charge is -2.36. The number of para-hydroxylation sites is 2. The Bertz CT molecular complexity index is 543.